The van der Waals surface area contributed by atoms with Gasteiger partial charge in [0.2, 0.25) is 0 Å². The summed E-state index contributed by atoms with van der Waals surface area (Å²) in [5, 5.41) is 7.95. The first kappa shape index (κ1) is 21.2. The summed E-state index contributed by atoms with van der Waals surface area (Å²) >= 11 is 6.12. The maximum atomic E-state index is 12.9. The summed E-state index contributed by atoms with van der Waals surface area (Å²) in [5.74, 6) is 0. The van der Waals surface area contributed by atoms with Crippen LogP contribution in [-0.2, 0) is 11.4 Å². The number of nitrogens with one attached hydrogen (secondary N) is 1. The first-order valence-corrected chi connectivity index (χ1v) is 10.2. The third-order valence-corrected chi connectivity index (χ3v) is 4.81. The average Bonchev–Trinajstić information content (AvgIpc) is 3.09. The number of hydrogen-bond acceptors (Lipinski definition) is 3. The van der Waals surface area contributed by atoms with Crippen molar-refractivity contribution in [1.29, 1.82) is 0 Å². The van der Waals surface area contributed by atoms with Crippen LogP contribution in [0.5, 0.6) is 0 Å². The largest absolute Gasteiger partial charge is 0.390 e. The number of benzene rings is 2. The molecule has 2 aromatic carbocycles. The molecular weight excluding hydrogens is 386 g/mol. The Kier molecular flexibility index (Phi) is 6.48. The molecule has 1 heterocycles. The lowest BCUT2D eigenvalue weighted by molar-refractivity contribution is 0.0580. The van der Waals surface area contributed by atoms with Crippen molar-refractivity contribution in [2.45, 2.75) is 52.3 Å². The topological polar surface area (TPSA) is 53.9 Å². The molecule has 0 saturated carbocycles. The van der Waals surface area contributed by atoms with Crippen LogP contribution in [0.4, 0.5) is 4.79 Å². The monoisotopic (exact) mass is 413 g/mol. The molecule has 1 aliphatic heterocycles. The van der Waals surface area contributed by atoms with Gasteiger partial charge >= 0.3 is 6.03 Å². The molecule has 0 aromatic heterocycles. The van der Waals surface area contributed by atoms with Crippen molar-refractivity contribution in [2.24, 2.45) is 5.16 Å². The molecule has 0 fully saturated rings. The predicted octanol–water partition coefficient (Wildman–Crippen LogP) is 5.15. The Hall–Kier alpha value is -2.53. The van der Waals surface area contributed by atoms with Gasteiger partial charge in [-0.15, -0.1) is 0 Å². The molecule has 0 spiro atoms. The Morgan fingerprint density at radius 3 is 2.62 bits per heavy atom. The van der Waals surface area contributed by atoms with E-state index in [1.165, 1.54) is 5.56 Å². The van der Waals surface area contributed by atoms with Crippen LogP contribution >= 0.6 is 11.6 Å². The molecule has 0 radical (unpaired) electrons. The van der Waals surface area contributed by atoms with Crippen LogP contribution in [0.3, 0.4) is 0 Å². The fraction of sp³-hybridized carbons (Fsp3) is 0.391. The predicted molar refractivity (Wildman–Crippen MR) is 117 cm³/mol. The van der Waals surface area contributed by atoms with E-state index in [1.807, 2.05) is 45.0 Å². The molecule has 6 heteroatoms. The normalized spacial score (nSPS) is 16.2. The van der Waals surface area contributed by atoms with Crippen LogP contribution in [0.1, 0.15) is 43.9 Å². The van der Waals surface area contributed by atoms with Gasteiger partial charge in [0.25, 0.3) is 0 Å². The maximum Gasteiger partial charge on any atom is 0.318 e. The molecule has 1 unspecified atom stereocenters. The highest BCUT2D eigenvalue weighted by Crippen LogP contribution is 2.20. The SMILES string of the molecule is Cc1ccc(C2=NOC(CN(Cc3cccc(Cl)c3)C(=O)NC(C)(C)C)C2)cc1. The van der Waals surface area contributed by atoms with Gasteiger partial charge in [-0.2, -0.15) is 0 Å². The van der Waals surface area contributed by atoms with Crippen LogP contribution in [0.25, 0.3) is 0 Å². The third-order valence-electron chi connectivity index (χ3n) is 4.57. The number of halogens is 1. The minimum Gasteiger partial charge on any atom is -0.390 e. The van der Waals surface area contributed by atoms with Crippen LogP contribution < -0.4 is 5.32 Å². The van der Waals surface area contributed by atoms with Crippen molar-refractivity contribution >= 4 is 23.3 Å². The molecule has 2 amide bonds. The van der Waals surface area contributed by atoms with Crippen LogP contribution in [0.2, 0.25) is 5.02 Å². The molecule has 154 valence electrons. The van der Waals surface area contributed by atoms with Crippen LogP contribution in [-0.4, -0.2) is 34.8 Å². The maximum absolute atomic E-state index is 12.9. The van der Waals surface area contributed by atoms with E-state index >= 15 is 0 Å². The molecule has 3 rings (SSSR count). The number of nitrogens with zero attached hydrogens (tertiary/aromatic N) is 2. The van der Waals surface area contributed by atoms with E-state index in [2.05, 4.69) is 41.7 Å². The summed E-state index contributed by atoms with van der Waals surface area (Å²) in [4.78, 5) is 20.3. The van der Waals surface area contributed by atoms with Crippen molar-refractivity contribution in [3.05, 3.63) is 70.2 Å². The lowest BCUT2D eigenvalue weighted by atomic mass is 10.0. The van der Waals surface area contributed by atoms with Crippen molar-refractivity contribution < 1.29 is 9.63 Å². The van der Waals surface area contributed by atoms with E-state index in [9.17, 15) is 4.79 Å². The Morgan fingerprint density at radius 2 is 1.97 bits per heavy atom. The van der Waals surface area contributed by atoms with E-state index in [4.69, 9.17) is 16.4 Å². The number of amides is 2. The van der Waals surface area contributed by atoms with Crippen molar-refractivity contribution in [1.82, 2.24) is 10.2 Å². The number of carbonyl (C=O) groups is 1. The quantitative estimate of drug-likeness (QED) is 0.736. The number of carbonyl (C=O) groups excluding carboxylic acids is 1. The van der Waals surface area contributed by atoms with Gasteiger partial charge in [-0.05, 0) is 51.0 Å². The molecule has 1 aliphatic rings. The zero-order valence-electron chi connectivity index (χ0n) is 17.4. The molecular formula is C23H28ClN3O2. The molecule has 0 aliphatic carbocycles. The van der Waals surface area contributed by atoms with E-state index in [-0.39, 0.29) is 17.7 Å². The van der Waals surface area contributed by atoms with Gasteiger partial charge in [-0.1, -0.05) is 58.7 Å². The summed E-state index contributed by atoms with van der Waals surface area (Å²) < 4.78 is 0. The fourth-order valence-electron chi connectivity index (χ4n) is 3.16. The summed E-state index contributed by atoms with van der Waals surface area (Å²) in [5.41, 5.74) is 3.81. The van der Waals surface area contributed by atoms with E-state index in [0.29, 0.717) is 24.5 Å². The lowest BCUT2D eigenvalue weighted by Gasteiger charge is -2.29. The Balaban J connectivity index is 1.69. The summed E-state index contributed by atoms with van der Waals surface area (Å²) in [6.45, 7) is 8.84. The molecule has 1 N–H and O–H groups in total. The van der Waals surface area contributed by atoms with Gasteiger partial charge in [-0.3, -0.25) is 0 Å². The smallest absolute Gasteiger partial charge is 0.318 e. The molecule has 2 aromatic rings. The number of oxime groups is 1. The molecule has 0 saturated heterocycles. The van der Waals surface area contributed by atoms with Crippen molar-refractivity contribution in [3.63, 3.8) is 0 Å². The number of urea groups is 1. The minimum atomic E-state index is -0.330. The molecule has 0 bridgehead atoms. The van der Waals surface area contributed by atoms with Crippen molar-refractivity contribution in [2.75, 3.05) is 6.54 Å². The van der Waals surface area contributed by atoms with Gasteiger partial charge < -0.3 is 15.1 Å². The van der Waals surface area contributed by atoms with Gasteiger partial charge in [0.15, 0.2) is 6.10 Å². The first-order chi connectivity index (χ1) is 13.7. The Morgan fingerprint density at radius 1 is 1.24 bits per heavy atom. The minimum absolute atomic E-state index is 0.134. The molecule has 29 heavy (non-hydrogen) atoms. The van der Waals surface area contributed by atoms with E-state index < -0.39 is 0 Å². The summed E-state index contributed by atoms with van der Waals surface area (Å²) in [6, 6.07) is 15.7. The third kappa shape index (κ3) is 6.23. The first-order valence-electron chi connectivity index (χ1n) is 9.81. The van der Waals surface area contributed by atoms with Crippen LogP contribution in [0, 0.1) is 6.92 Å². The highest BCUT2D eigenvalue weighted by Gasteiger charge is 2.28. The second kappa shape index (κ2) is 8.87. The van der Waals surface area contributed by atoms with E-state index in [1.54, 1.807) is 4.90 Å². The summed E-state index contributed by atoms with van der Waals surface area (Å²) in [6.07, 6.45) is 0.481. The van der Waals surface area contributed by atoms with Gasteiger partial charge in [0.1, 0.15) is 0 Å². The number of aryl methyl sites for hydroxylation is 1. The zero-order valence-corrected chi connectivity index (χ0v) is 18.2. The van der Waals surface area contributed by atoms with Gasteiger partial charge in [0, 0.05) is 23.5 Å². The second-order valence-corrected chi connectivity index (χ2v) is 8.96. The van der Waals surface area contributed by atoms with E-state index in [0.717, 1.165) is 16.8 Å². The zero-order chi connectivity index (χ0) is 21.0. The number of rotatable bonds is 5. The van der Waals surface area contributed by atoms with Crippen molar-refractivity contribution in [3.8, 4) is 0 Å². The second-order valence-electron chi connectivity index (χ2n) is 8.53. The fourth-order valence-corrected chi connectivity index (χ4v) is 3.38. The Bertz CT molecular complexity index is 888. The van der Waals surface area contributed by atoms with Crippen LogP contribution in [0.15, 0.2) is 53.7 Å². The highest BCUT2D eigenvalue weighted by molar-refractivity contribution is 6.30. The Labute approximate surface area is 177 Å². The average molecular weight is 414 g/mol. The molecule has 5 nitrogen and oxygen atoms in total. The standard InChI is InChI=1S/C23H28ClN3O2/c1-16-8-10-18(11-9-16)21-13-20(29-26-21)15-27(22(28)25-23(2,3)4)14-17-6-5-7-19(24)12-17/h5-12,20H,13-15H2,1-4H3,(H,25,28). The number of hydrogen-bond donors (Lipinski definition) is 1. The molecule has 1 atom stereocenters. The highest BCUT2D eigenvalue weighted by atomic mass is 35.5. The summed E-state index contributed by atoms with van der Waals surface area (Å²) in [7, 11) is 0. The van der Waals surface area contributed by atoms with Gasteiger partial charge in [-0.25, -0.2) is 4.79 Å². The van der Waals surface area contributed by atoms with Gasteiger partial charge in [0.05, 0.1) is 12.3 Å². The lowest BCUT2D eigenvalue weighted by Crippen LogP contribution is -2.50.